The Bertz CT molecular complexity index is 163. The van der Waals surface area contributed by atoms with Gasteiger partial charge in [-0.05, 0) is 19.3 Å². The zero-order valence-electron chi connectivity index (χ0n) is 7.92. The van der Waals surface area contributed by atoms with Crippen molar-refractivity contribution < 1.29 is 9.90 Å². The molecular formula is C10H18O2. The lowest BCUT2D eigenvalue weighted by Gasteiger charge is -2.25. The van der Waals surface area contributed by atoms with Crippen molar-refractivity contribution in [3.05, 3.63) is 0 Å². The molecule has 2 atom stereocenters. The number of carbonyl (C=O) groups excluding carboxylic acids is 1. The number of hydrogen-bond donors (Lipinski definition) is 1. The van der Waals surface area contributed by atoms with Crippen LogP contribution in [0, 0.1) is 11.8 Å². The first-order valence-corrected chi connectivity index (χ1v) is 4.83. The first-order valence-electron chi connectivity index (χ1n) is 4.83. The standard InChI is InChI=1S/C10H18O2/c1-7(2)10(12)8-4-3-5-9(11)6-8/h7-9,11H,3-6H2,1-2H3. The van der Waals surface area contributed by atoms with Crippen molar-refractivity contribution in [1.29, 1.82) is 0 Å². The van der Waals surface area contributed by atoms with E-state index in [0.29, 0.717) is 12.2 Å². The molecule has 0 amide bonds. The van der Waals surface area contributed by atoms with Crippen LogP contribution in [0.2, 0.25) is 0 Å². The van der Waals surface area contributed by atoms with Gasteiger partial charge >= 0.3 is 0 Å². The van der Waals surface area contributed by atoms with E-state index in [-0.39, 0.29) is 17.9 Å². The molecule has 0 radical (unpaired) electrons. The quantitative estimate of drug-likeness (QED) is 0.685. The average molecular weight is 170 g/mol. The number of ketones is 1. The van der Waals surface area contributed by atoms with E-state index in [0.717, 1.165) is 19.3 Å². The Morgan fingerprint density at radius 2 is 2.08 bits per heavy atom. The maximum atomic E-state index is 11.5. The van der Waals surface area contributed by atoms with Gasteiger partial charge in [0.2, 0.25) is 0 Å². The summed E-state index contributed by atoms with van der Waals surface area (Å²) in [4.78, 5) is 11.5. The summed E-state index contributed by atoms with van der Waals surface area (Å²) in [6.45, 7) is 3.87. The van der Waals surface area contributed by atoms with E-state index in [9.17, 15) is 9.90 Å². The van der Waals surface area contributed by atoms with Crippen LogP contribution in [0.3, 0.4) is 0 Å². The van der Waals surface area contributed by atoms with Crippen molar-refractivity contribution in [2.75, 3.05) is 0 Å². The summed E-state index contributed by atoms with van der Waals surface area (Å²) >= 11 is 0. The third-order valence-electron chi connectivity index (χ3n) is 2.62. The van der Waals surface area contributed by atoms with Gasteiger partial charge < -0.3 is 5.11 Å². The van der Waals surface area contributed by atoms with Crippen LogP contribution in [0.1, 0.15) is 39.5 Å². The molecule has 12 heavy (non-hydrogen) atoms. The maximum Gasteiger partial charge on any atom is 0.138 e. The number of aliphatic hydroxyl groups is 1. The molecule has 1 rings (SSSR count). The van der Waals surface area contributed by atoms with Crippen molar-refractivity contribution in [3.63, 3.8) is 0 Å². The van der Waals surface area contributed by atoms with Gasteiger partial charge in [-0.25, -0.2) is 0 Å². The van der Waals surface area contributed by atoms with Crippen molar-refractivity contribution in [2.24, 2.45) is 11.8 Å². The van der Waals surface area contributed by atoms with Gasteiger partial charge in [-0.3, -0.25) is 4.79 Å². The van der Waals surface area contributed by atoms with Gasteiger partial charge in [0, 0.05) is 11.8 Å². The smallest absolute Gasteiger partial charge is 0.138 e. The Morgan fingerprint density at radius 3 is 2.58 bits per heavy atom. The van der Waals surface area contributed by atoms with Crippen molar-refractivity contribution in [1.82, 2.24) is 0 Å². The second-order valence-corrected chi connectivity index (χ2v) is 4.07. The number of Topliss-reactive ketones (excluding diaryl/α,β-unsaturated/α-hetero) is 1. The molecule has 2 unspecified atom stereocenters. The first kappa shape index (κ1) is 9.72. The van der Waals surface area contributed by atoms with Crippen LogP contribution < -0.4 is 0 Å². The van der Waals surface area contributed by atoms with Crippen LogP contribution in [0.25, 0.3) is 0 Å². The molecule has 0 aromatic carbocycles. The fraction of sp³-hybridized carbons (Fsp3) is 0.900. The monoisotopic (exact) mass is 170 g/mol. The molecule has 0 aromatic heterocycles. The van der Waals surface area contributed by atoms with Crippen molar-refractivity contribution in [2.45, 2.75) is 45.6 Å². The highest BCUT2D eigenvalue weighted by molar-refractivity contribution is 5.82. The molecule has 0 heterocycles. The highest BCUT2D eigenvalue weighted by Gasteiger charge is 2.27. The fourth-order valence-electron chi connectivity index (χ4n) is 1.89. The van der Waals surface area contributed by atoms with E-state index >= 15 is 0 Å². The summed E-state index contributed by atoms with van der Waals surface area (Å²) in [6, 6.07) is 0. The Labute approximate surface area is 74.0 Å². The lowest BCUT2D eigenvalue weighted by Crippen LogP contribution is -2.28. The Balaban J connectivity index is 2.46. The third kappa shape index (κ3) is 2.31. The van der Waals surface area contributed by atoms with Gasteiger partial charge in [-0.15, -0.1) is 0 Å². The molecule has 0 aliphatic heterocycles. The van der Waals surface area contributed by atoms with Gasteiger partial charge in [-0.1, -0.05) is 20.3 Å². The lowest BCUT2D eigenvalue weighted by molar-refractivity contribution is -0.128. The highest BCUT2D eigenvalue weighted by atomic mass is 16.3. The third-order valence-corrected chi connectivity index (χ3v) is 2.62. The minimum Gasteiger partial charge on any atom is -0.393 e. The lowest BCUT2D eigenvalue weighted by atomic mass is 9.81. The van der Waals surface area contributed by atoms with Gasteiger partial charge in [0.1, 0.15) is 5.78 Å². The van der Waals surface area contributed by atoms with Crippen LogP contribution in [0.4, 0.5) is 0 Å². The SMILES string of the molecule is CC(C)C(=O)C1CCCC(O)C1. The minimum absolute atomic E-state index is 0.125. The topological polar surface area (TPSA) is 37.3 Å². The highest BCUT2D eigenvalue weighted by Crippen LogP contribution is 2.26. The average Bonchev–Trinajstić information content (AvgIpc) is 2.03. The predicted octanol–water partition coefficient (Wildman–Crippen LogP) is 1.76. The van der Waals surface area contributed by atoms with Crippen LogP contribution >= 0.6 is 0 Å². The molecular weight excluding hydrogens is 152 g/mol. The Hall–Kier alpha value is -0.370. The van der Waals surface area contributed by atoms with Gasteiger partial charge in [0.25, 0.3) is 0 Å². The number of aliphatic hydroxyl groups excluding tert-OH is 1. The summed E-state index contributed by atoms with van der Waals surface area (Å²) in [6.07, 6.45) is 3.32. The predicted molar refractivity (Wildman–Crippen MR) is 47.8 cm³/mol. The van der Waals surface area contributed by atoms with E-state index in [4.69, 9.17) is 0 Å². The summed E-state index contributed by atoms with van der Waals surface area (Å²) in [5, 5.41) is 9.36. The van der Waals surface area contributed by atoms with E-state index in [1.165, 1.54) is 0 Å². The summed E-state index contributed by atoms with van der Waals surface area (Å²) in [7, 11) is 0. The number of hydrogen-bond acceptors (Lipinski definition) is 2. The van der Waals surface area contributed by atoms with Crippen LogP contribution in [0.15, 0.2) is 0 Å². The van der Waals surface area contributed by atoms with Gasteiger partial charge in [-0.2, -0.15) is 0 Å². The maximum absolute atomic E-state index is 11.5. The Morgan fingerprint density at radius 1 is 1.42 bits per heavy atom. The normalized spacial score (nSPS) is 30.7. The van der Waals surface area contributed by atoms with E-state index in [2.05, 4.69) is 0 Å². The number of rotatable bonds is 2. The van der Waals surface area contributed by atoms with Gasteiger partial charge in [0.05, 0.1) is 6.10 Å². The van der Waals surface area contributed by atoms with Crippen molar-refractivity contribution in [3.8, 4) is 0 Å². The number of carbonyl (C=O) groups is 1. The molecule has 0 aromatic rings. The van der Waals surface area contributed by atoms with E-state index in [1.54, 1.807) is 0 Å². The molecule has 0 spiro atoms. The zero-order chi connectivity index (χ0) is 9.14. The minimum atomic E-state index is -0.230. The Kier molecular flexibility index (Phi) is 3.27. The fourth-order valence-corrected chi connectivity index (χ4v) is 1.89. The molecule has 1 aliphatic rings. The molecule has 1 fully saturated rings. The summed E-state index contributed by atoms with van der Waals surface area (Å²) in [5.41, 5.74) is 0. The molecule has 70 valence electrons. The second-order valence-electron chi connectivity index (χ2n) is 4.07. The second kappa shape index (κ2) is 4.04. The van der Waals surface area contributed by atoms with E-state index in [1.807, 2.05) is 13.8 Å². The first-order chi connectivity index (χ1) is 5.61. The van der Waals surface area contributed by atoms with Gasteiger partial charge in [0.15, 0.2) is 0 Å². The van der Waals surface area contributed by atoms with E-state index < -0.39 is 0 Å². The zero-order valence-corrected chi connectivity index (χ0v) is 7.92. The molecule has 2 heteroatoms. The molecule has 1 saturated carbocycles. The largest absolute Gasteiger partial charge is 0.393 e. The summed E-state index contributed by atoms with van der Waals surface area (Å²) < 4.78 is 0. The van der Waals surface area contributed by atoms with Crippen molar-refractivity contribution >= 4 is 5.78 Å². The molecule has 0 bridgehead atoms. The molecule has 2 nitrogen and oxygen atoms in total. The van der Waals surface area contributed by atoms with Crippen LogP contribution in [-0.4, -0.2) is 17.0 Å². The van der Waals surface area contributed by atoms with Crippen LogP contribution in [-0.2, 0) is 4.79 Å². The molecule has 1 aliphatic carbocycles. The van der Waals surface area contributed by atoms with Crippen LogP contribution in [0.5, 0.6) is 0 Å². The molecule has 1 N–H and O–H groups in total. The summed E-state index contributed by atoms with van der Waals surface area (Å²) in [5.74, 6) is 0.586. The molecule has 0 saturated heterocycles.